The van der Waals surface area contributed by atoms with Gasteiger partial charge in [0.15, 0.2) is 0 Å². The maximum absolute atomic E-state index is 5.82. The molecule has 3 nitrogen and oxygen atoms in total. The fourth-order valence-corrected chi connectivity index (χ4v) is 2.74. The van der Waals surface area contributed by atoms with Crippen molar-refractivity contribution < 1.29 is 0 Å². The normalized spacial score (nSPS) is 18.9. The van der Waals surface area contributed by atoms with E-state index in [4.69, 9.17) is 5.73 Å². The molecule has 0 saturated carbocycles. The third-order valence-corrected chi connectivity index (χ3v) is 3.91. The molecule has 0 aliphatic carbocycles. The van der Waals surface area contributed by atoms with Crippen LogP contribution in [0.2, 0.25) is 0 Å². The Morgan fingerprint density at radius 1 is 1.39 bits per heavy atom. The van der Waals surface area contributed by atoms with Gasteiger partial charge in [-0.25, -0.2) is 0 Å². The van der Waals surface area contributed by atoms with E-state index in [1.165, 1.54) is 44.5 Å². The highest BCUT2D eigenvalue weighted by Gasteiger charge is 2.18. The highest BCUT2D eigenvalue weighted by atomic mass is 15.1. The number of anilines is 1. The predicted molar refractivity (Wildman–Crippen MR) is 76.7 cm³/mol. The van der Waals surface area contributed by atoms with Crippen molar-refractivity contribution in [2.45, 2.75) is 45.6 Å². The molecule has 1 saturated heterocycles. The summed E-state index contributed by atoms with van der Waals surface area (Å²) in [5.41, 5.74) is 8.03. The van der Waals surface area contributed by atoms with Crippen molar-refractivity contribution in [3.05, 3.63) is 24.0 Å². The summed E-state index contributed by atoms with van der Waals surface area (Å²) < 4.78 is 0. The zero-order chi connectivity index (χ0) is 13.0. The van der Waals surface area contributed by atoms with E-state index in [9.17, 15) is 0 Å². The van der Waals surface area contributed by atoms with Crippen LogP contribution >= 0.6 is 0 Å². The zero-order valence-corrected chi connectivity index (χ0v) is 11.6. The molecular formula is C15H25N3. The molecule has 1 fully saturated rings. The lowest BCUT2D eigenvalue weighted by atomic mass is 9.92. The van der Waals surface area contributed by atoms with Gasteiger partial charge in [-0.1, -0.05) is 19.8 Å². The van der Waals surface area contributed by atoms with Crippen LogP contribution in [0.25, 0.3) is 0 Å². The van der Waals surface area contributed by atoms with Crippen LogP contribution in [0.15, 0.2) is 18.3 Å². The second-order valence-electron chi connectivity index (χ2n) is 5.45. The number of hydrogen-bond acceptors (Lipinski definition) is 3. The van der Waals surface area contributed by atoms with Crippen LogP contribution in [0.5, 0.6) is 0 Å². The first-order valence-electron chi connectivity index (χ1n) is 7.17. The average molecular weight is 247 g/mol. The number of aromatic nitrogens is 1. The third-order valence-electron chi connectivity index (χ3n) is 3.91. The summed E-state index contributed by atoms with van der Waals surface area (Å²) in [6.45, 7) is 6.59. The van der Waals surface area contributed by atoms with Crippen LogP contribution < -0.4 is 10.6 Å². The minimum absolute atomic E-state index is 0.0225. The molecule has 1 atom stereocenters. The second-order valence-corrected chi connectivity index (χ2v) is 5.45. The third kappa shape index (κ3) is 3.22. The first-order valence-corrected chi connectivity index (χ1v) is 7.17. The first-order chi connectivity index (χ1) is 8.70. The molecule has 1 aromatic heterocycles. The Labute approximate surface area is 110 Å². The molecule has 2 rings (SSSR count). The first kappa shape index (κ1) is 13.3. The van der Waals surface area contributed by atoms with E-state index in [0.29, 0.717) is 0 Å². The van der Waals surface area contributed by atoms with Crippen molar-refractivity contribution in [1.29, 1.82) is 0 Å². The van der Waals surface area contributed by atoms with Gasteiger partial charge in [0.05, 0.1) is 17.6 Å². The zero-order valence-electron chi connectivity index (χ0n) is 11.6. The van der Waals surface area contributed by atoms with Crippen molar-refractivity contribution in [2.24, 2.45) is 11.7 Å². The van der Waals surface area contributed by atoms with Gasteiger partial charge < -0.3 is 10.6 Å². The van der Waals surface area contributed by atoms with Gasteiger partial charge in [0, 0.05) is 19.1 Å². The number of nitrogens with zero attached hydrogens (tertiary/aromatic N) is 2. The molecule has 100 valence electrons. The number of hydrogen-bond donors (Lipinski definition) is 1. The highest BCUT2D eigenvalue weighted by molar-refractivity contribution is 5.45. The van der Waals surface area contributed by atoms with E-state index in [0.717, 1.165) is 11.6 Å². The number of pyridine rings is 1. The van der Waals surface area contributed by atoms with Crippen molar-refractivity contribution in [1.82, 2.24) is 4.98 Å². The van der Waals surface area contributed by atoms with E-state index < -0.39 is 0 Å². The fourth-order valence-electron chi connectivity index (χ4n) is 2.74. The second kappa shape index (κ2) is 6.19. The van der Waals surface area contributed by atoms with Crippen molar-refractivity contribution >= 4 is 5.69 Å². The number of piperidine rings is 1. The number of nitrogens with two attached hydrogens (primary N) is 1. The molecular weight excluding hydrogens is 222 g/mol. The van der Waals surface area contributed by atoms with Gasteiger partial charge >= 0.3 is 0 Å². The topological polar surface area (TPSA) is 42.1 Å². The van der Waals surface area contributed by atoms with Crippen LogP contribution in [0, 0.1) is 5.92 Å². The SMILES string of the molecule is CCCC1CCN(c2ccc([C@@H](C)N)nc2)CC1. The Bertz CT molecular complexity index is 351. The minimum atomic E-state index is 0.0225. The Morgan fingerprint density at radius 3 is 2.61 bits per heavy atom. The standard InChI is InChI=1S/C15H25N3/c1-3-4-13-7-9-18(10-8-13)14-5-6-15(12(2)16)17-11-14/h5-6,11-13H,3-4,7-10,16H2,1-2H3/t12-/m1/s1. The molecule has 0 unspecified atom stereocenters. The largest absolute Gasteiger partial charge is 0.370 e. The fraction of sp³-hybridized carbons (Fsp3) is 0.667. The van der Waals surface area contributed by atoms with Crippen LogP contribution in [0.1, 0.15) is 51.3 Å². The Hall–Kier alpha value is -1.09. The van der Waals surface area contributed by atoms with Gasteiger partial charge in [0.2, 0.25) is 0 Å². The summed E-state index contributed by atoms with van der Waals surface area (Å²) in [5.74, 6) is 0.933. The summed E-state index contributed by atoms with van der Waals surface area (Å²) >= 11 is 0. The smallest absolute Gasteiger partial charge is 0.0569 e. The molecule has 0 amide bonds. The highest BCUT2D eigenvalue weighted by Crippen LogP contribution is 2.25. The van der Waals surface area contributed by atoms with Crippen LogP contribution in [-0.4, -0.2) is 18.1 Å². The van der Waals surface area contributed by atoms with Gasteiger partial charge in [0.1, 0.15) is 0 Å². The molecule has 2 N–H and O–H groups in total. The molecule has 2 heterocycles. The van der Waals surface area contributed by atoms with E-state index in [1.807, 2.05) is 13.1 Å². The van der Waals surface area contributed by atoms with E-state index in [2.05, 4.69) is 28.9 Å². The van der Waals surface area contributed by atoms with Crippen molar-refractivity contribution in [3.63, 3.8) is 0 Å². The summed E-state index contributed by atoms with van der Waals surface area (Å²) in [5, 5.41) is 0. The Balaban J connectivity index is 1.93. The lowest BCUT2D eigenvalue weighted by Gasteiger charge is -2.33. The molecule has 3 heteroatoms. The van der Waals surface area contributed by atoms with E-state index in [1.54, 1.807) is 0 Å². The lowest BCUT2D eigenvalue weighted by molar-refractivity contribution is 0.378. The summed E-state index contributed by atoms with van der Waals surface area (Å²) in [4.78, 5) is 6.89. The molecule has 0 spiro atoms. The Kier molecular flexibility index (Phi) is 4.59. The monoisotopic (exact) mass is 247 g/mol. The molecule has 1 aliphatic rings. The van der Waals surface area contributed by atoms with Gasteiger partial charge in [-0.15, -0.1) is 0 Å². The van der Waals surface area contributed by atoms with Gasteiger partial charge in [-0.3, -0.25) is 4.98 Å². The lowest BCUT2D eigenvalue weighted by Crippen LogP contribution is -2.33. The molecule has 18 heavy (non-hydrogen) atoms. The van der Waals surface area contributed by atoms with Gasteiger partial charge in [0.25, 0.3) is 0 Å². The Morgan fingerprint density at radius 2 is 2.11 bits per heavy atom. The van der Waals surface area contributed by atoms with Gasteiger partial charge in [-0.2, -0.15) is 0 Å². The van der Waals surface area contributed by atoms with Gasteiger partial charge in [-0.05, 0) is 37.8 Å². The quantitative estimate of drug-likeness (QED) is 0.889. The van der Waals surface area contributed by atoms with E-state index in [-0.39, 0.29) is 6.04 Å². The molecule has 1 aliphatic heterocycles. The maximum Gasteiger partial charge on any atom is 0.0569 e. The van der Waals surface area contributed by atoms with Crippen LogP contribution in [0.4, 0.5) is 5.69 Å². The molecule has 1 aromatic rings. The average Bonchev–Trinajstić information content (AvgIpc) is 2.40. The van der Waals surface area contributed by atoms with Crippen LogP contribution in [0.3, 0.4) is 0 Å². The molecule has 0 bridgehead atoms. The van der Waals surface area contributed by atoms with Crippen LogP contribution in [-0.2, 0) is 0 Å². The summed E-state index contributed by atoms with van der Waals surface area (Å²) in [6, 6.07) is 4.23. The van der Waals surface area contributed by atoms with Crippen molar-refractivity contribution in [3.8, 4) is 0 Å². The van der Waals surface area contributed by atoms with E-state index >= 15 is 0 Å². The summed E-state index contributed by atoms with van der Waals surface area (Å²) in [7, 11) is 0. The molecule has 0 aromatic carbocycles. The molecule has 0 radical (unpaired) electrons. The predicted octanol–water partition coefficient (Wildman–Crippen LogP) is 3.12. The minimum Gasteiger partial charge on any atom is -0.370 e. The summed E-state index contributed by atoms with van der Waals surface area (Å²) in [6.07, 6.45) is 7.32. The maximum atomic E-state index is 5.82. The number of rotatable bonds is 4. The van der Waals surface area contributed by atoms with Crippen molar-refractivity contribution in [2.75, 3.05) is 18.0 Å².